The summed E-state index contributed by atoms with van der Waals surface area (Å²) in [7, 11) is 0. The summed E-state index contributed by atoms with van der Waals surface area (Å²) in [5.41, 5.74) is 4.20. The second kappa shape index (κ2) is 5.09. The summed E-state index contributed by atoms with van der Waals surface area (Å²) < 4.78 is 25.5. The van der Waals surface area contributed by atoms with Gasteiger partial charge < -0.3 is 10.5 Å². The number of anilines is 1. The van der Waals surface area contributed by atoms with Gasteiger partial charge in [0.2, 0.25) is 0 Å². The van der Waals surface area contributed by atoms with Crippen molar-refractivity contribution in [3.05, 3.63) is 29.8 Å². The van der Waals surface area contributed by atoms with E-state index in [9.17, 15) is 13.6 Å². The fraction of sp³-hybridized carbons (Fsp3) is 0.364. The molecular weight excluding hydrogens is 230 g/mol. The Balaban J connectivity index is 2.73. The SMILES string of the molecule is CCC(C)(NNc1ccc(F)c(F)c1)C(=O)O. The van der Waals surface area contributed by atoms with Crippen LogP contribution in [0.3, 0.4) is 0 Å². The maximum atomic E-state index is 12.9. The summed E-state index contributed by atoms with van der Waals surface area (Å²) in [5, 5.41) is 8.97. The molecule has 17 heavy (non-hydrogen) atoms. The number of halogens is 2. The molecule has 1 rings (SSSR count). The first-order valence-corrected chi connectivity index (χ1v) is 5.10. The lowest BCUT2D eigenvalue weighted by molar-refractivity contribution is -0.144. The molecule has 0 saturated heterocycles. The predicted molar refractivity (Wildman–Crippen MR) is 59.4 cm³/mol. The van der Waals surface area contributed by atoms with Crippen LogP contribution in [0.25, 0.3) is 0 Å². The normalized spacial score (nSPS) is 14.1. The van der Waals surface area contributed by atoms with Crippen LogP contribution in [-0.2, 0) is 4.79 Å². The minimum Gasteiger partial charge on any atom is -0.480 e. The Kier molecular flexibility index (Phi) is 4.01. The average molecular weight is 244 g/mol. The number of hydrogen-bond acceptors (Lipinski definition) is 3. The first-order chi connectivity index (χ1) is 7.89. The van der Waals surface area contributed by atoms with Crippen LogP contribution < -0.4 is 10.9 Å². The highest BCUT2D eigenvalue weighted by Gasteiger charge is 2.30. The molecular formula is C11H14F2N2O2. The van der Waals surface area contributed by atoms with Crippen molar-refractivity contribution in [1.82, 2.24) is 5.43 Å². The Morgan fingerprint density at radius 1 is 1.41 bits per heavy atom. The van der Waals surface area contributed by atoms with Gasteiger partial charge in [-0.15, -0.1) is 0 Å². The Morgan fingerprint density at radius 2 is 2.06 bits per heavy atom. The van der Waals surface area contributed by atoms with Crippen LogP contribution in [0.5, 0.6) is 0 Å². The van der Waals surface area contributed by atoms with Gasteiger partial charge in [0, 0.05) is 6.07 Å². The van der Waals surface area contributed by atoms with Crippen LogP contribution in [-0.4, -0.2) is 16.6 Å². The van der Waals surface area contributed by atoms with Crippen LogP contribution in [0, 0.1) is 11.6 Å². The predicted octanol–water partition coefficient (Wildman–Crippen LogP) is 2.13. The summed E-state index contributed by atoms with van der Waals surface area (Å²) in [4.78, 5) is 11.0. The highest BCUT2D eigenvalue weighted by Crippen LogP contribution is 2.14. The highest BCUT2D eigenvalue weighted by atomic mass is 19.2. The zero-order valence-corrected chi connectivity index (χ0v) is 9.55. The molecule has 94 valence electrons. The number of hydrogen-bond donors (Lipinski definition) is 3. The minimum absolute atomic E-state index is 0.254. The van der Waals surface area contributed by atoms with Gasteiger partial charge in [-0.25, -0.2) is 14.2 Å². The fourth-order valence-corrected chi connectivity index (χ4v) is 1.08. The highest BCUT2D eigenvalue weighted by molar-refractivity contribution is 5.78. The molecule has 0 saturated carbocycles. The van der Waals surface area contributed by atoms with E-state index >= 15 is 0 Å². The molecule has 0 aliphatic heterocycles. The first kappa shape index (κ1) is 13.4. The number of aliphatic carboxylic acids is 1. The number of nitrogens with one attached hydrogen (secondary N) is 2. The maximum Gasteiger partial charge on any atom is 0.325 e. The summed E-state index contributed by atoms with van der Waals surface area (Å²) in [6, 6.07) is 3.22. The monoisotopic (exact) mass is 244 g/mol. The van der Waals surface area contributed by atoms with E-state index in [1.165, 1.54) is 13.0 Å². The van der Waals surface area contributed by atoms with Gasteiger partial charge >= 0.3 is 5.97 Å². The van der Waals surface area contributed by atoms with E-state index in [0.717, 1.165) is 12.1 Å². The molecule has 0 fully saturated rings. The van der Waals surface area contributed by atoms with Crippen LogP contribution in [0.2, 0.25) is 0 Å². The van der Waals surface area contributed by atoms with Crippen molar-refractivity contribution in [1.29, 1.82) is 0 Å². The van der Waals surface area contributed by atoms with Crippen molar-refractivity contribution in [3.63, 3.8) is 0 Å². The average Bonchev–Trinajstić information content (AvgIpc) is 2.30. The van der Waals surface area contributed by atoms with Crippen molar-refractivity contribution in [2.24, 2.45) is 0 Å². The molecule has 3 N–H and O–H groups in total. The van der Waals surface area contributed by atoms with E-state index in [1.54, 1.807) is 6.92 Å². The van der Waals surface area contributed by atoms with Crippen molar-refractivity contribution in [3.8, 4) is 0 Å². The molecule has 0 radical (unpaired) electrons. The lowest BCUT2D eigenvalue weighted by Crippen LogP contribution is -2.51. The second-order valence-corrected chi connectivity index (χ2v) is 3.87. The third-order valence-corrected chi connectivity index (χ3v) is 2.58. The molecule has 0 heterocycles. The summed E-state index contributed by atoms with van der Waals surface area (Å²) >= 11 is 0. The zero-order valence-electron chi connectivity index (χ0n) is 9.55. The molecule has 1 aromatic carbocycles. The van der Waals surface area contributed by atoms with Gasteiger partial charge in [0.05, 0.1) is 5.69 Å². The largest absolute Gasteiger partial charge is 0.480 e. The lowest BCUT2D eigenvalue weighted by Gasteiger charge is -2.25. The van der Waals surface area contributed by atoms with Gasteiger partial charge in [0.15, 0.2) is 11.6 Å². The van der Waals surface area contributed by atoms with E-state index < -0.39 is 23.1 Å². The molecule has 1 unspecified atom stereocenters. The van der Waals surface area contributed by atoms with Crippen LogP contribution in [0.1, 0.15) is 20.3 Å². The van der Waals surface area contributed by atoms with E-state index in [4.69, 9.17) is 5.11 Å². The second-order valence-electron chi connectivity index (χ2n) is 3.87. The van der Waals surface area contributed by atoms with Crippen LogP contribution in [0.15, 0.2) is 18.2 Å². The van der Waals surface area contributed by atoms with Gasteiger partial charge in [0.1, 0.15) is 5.54 Å². The molecule has 0 amide bonds. The zero-order chi connectivity index (χ0) is 13.1. The molecule has 0 aromatic heterocycles. The first-order valence-electron chi connectivity index (χ1n) is 5.10. The molecule has 4 nitrogen and oxygen atoms in total. The molecule has 0 spiro atoms. The van der Waals surface area contributed by atoms with Gasteiger partial charge in [-0.05, 0) is 25.5 Å². The van der Waals surface area contributed by atoms with E-state index in [0.29, 0.717) is 6.42 Å². The third-order valence-electron chi connectivity index (χ3n) is 2.58. The van der Waals surface area contributed by atoms with E-state index in [1.807, 2.05) is 0 Å². The Morgan fingerprint density at radius 3 is 2.53 bits per heavy atom. The number of benzene rings is 1. The van der Waals surface area contributed by atoms with Crippen molar-refractivity contribution < 1.29 is 18.7 Å². The van der Waals surface area contributed by atoms with E-state index in [-0.39, 0.29) is 5.69 Å². The number of hydrazine groups is 1. The molecule has 1 aromatic rings. The van der Waals surface area contributed by atoms with Crippen molar-refractivity contribution in [2.75, 3.05) is 5.43 Å². The van der Waals surface area contributed by atoms with Gasteiger partial charge in [-0.3, -0.25) is 4.79 Å². The van der Waals surface area contributed by atoms with Crippen molar-refractivity contribution in [2.45, 2.75) is 25.8 Å². The third kappa shape index (κ3) is 3.13. The van der Waals surface area contributed by atoms with Crippen molar-refractivity contribution >= 4 is 11.7 Å². The van der Waals surface area contributed by atoms with E-state index in [2.05, 4.69) is 10.9 Å². The Bertz CT molecular complexity index is 426. The standard InChI is InChI=1S/C11H14F2N2O2/c1-3-11(2,10(16)17)15-14-7-4-5-8(12)9(13)6-7/h4-6,14-15H,3H2,1-2H3,(H,16,17). The Labute approximate surface area is 97.6 Å². The van der Waals surface area contributed by atoms with Gasteiger partial charge in [-0.2, -0.15) is 0 Å². The number of carboxylic acid groups (broad SMARTS) is 1. The lowest BCUT2D eigenvalue weighted by atomic mass is 10.0. The number of rotatable bonds is 5. The minimum atomic E-state index is -1.18. The molecule has 0 bridgehead atoms. The number of carboxylic acids is 1. The van der Waals surface area contributed by atoms with Crippen LogP contribution in [0.4, 0.5) is 14.5 Å². The fourth-order valence-electron chi connectivity index (χ4n) is 1.08. The van der Waals surface area contributed by atoms with Gasteiger partial charge in [0.25, 0.3) is 0 Å². The molecule has 0 aliphatic rings. The molecule has 6 heteroatoms. The topological polar surface area (TPSA) is 61.4 Å². The summed E-state index contributed by atoms with van der Waals surface area (Å²) in [6.07, 6.45) is 0.332. The Hall–Kier alpha value is -1.69. The number of carbonyl (C=O) groups is 1. The van der Waals surface area contributed by atoms with Crippen LogP contribution >= 0.6 is 0 Å². The summed E-state index contributed by atoms with van der Waals surface area (Å²) in [6.45, 7) is 3.19. The van der Waals surface area contributed by atoms with Gasteiger partial charge in [-0.1, -0.05) is 6.92 Å². The molecule has 0 aliphatic carbocycles. The summed E-state index contributed by atoms with van der Waals surface area (Å²) in [5.74, 6) is -2.98. The smallest absolute Gasteiger partial charge is 0.325 e. The maximum absolute atomic E-state index is 12.9. The quantitative estimate of drug-likeness (QED) is 0.694. The molecule has 1 atom stereocenters.